The van der Waals surface area contributed by atoms with E-state index in [1.807, 2.05) is 12.3 Å². The molecule has 3 N–H and O–H groups in total. The zero-order valence-corrected chi connectivity index (χ0v) is 10.0. The Morgan fingerprint density at radius 3 is 2.94 bits per heavy atom. The lowest BCUT2D eigenvalue weighted by Gasteiger charge is -2.09. The summed E-state index contributed by atoms with van der Waals surface area (Å²) in [5.41, 5.74) is 0.988. The fourth-order valence-electron chi connectivity index (χ4n) is 2.28. The van der Waals surface area contributed by atoms with Gasteiger partial charge in [-0.25, -0.2) is 0 Å². The smallest absolute Gasteiger partial charge is 0.0895 e. The Labute approximate surface area is 101 Å². The molecular weight excluding hydrogens is 218 g/mol. The lowest BCUT2D eigenvalue weighted by molar-refractivity contribution is 0.0941. The van der Waals surface area contributed by atoms with Crippen molar-refractivity contribution in [3.05, 3.63) is 18.0 Å². The number of aromatic nitrogens is 2. The predicted octanol–water partition coefficient (Wildman–Crippen LogP) is 0.441. The van der Waals surface area contributed by atoms with Crippen molar-refractivity contribution in [2.24, 2.45) is 0 Å². The van der Waals surface area contributed by atoms with Crippen LogP contribution in [0.4, 0.5) is 0 Å². The second-order valence-electron chi connectivity index (χ2n) is 4.69. The molecule has 2 rings (SSSR count). The Hall–Kier alpha value is -0.910. The molecule has 1 atom stereocenters. The van der Waals surface area contributed by atoms with Gasteiger partial charge in [0.2, 0.25) is 0 Å². The summed E-state index contributed by atoms with van der Waals surface area (Å²) < 4.78 is 2.06. The van der Waals surface area contributed by atoms with Crippen LogP contribution in [0, 0.1) is 0 Å². The minimum Gasteiger partial charge on any atom is -0.394 e. The van der Waals surface area contributed by atoms with Crippen LogP contribution in [0.15, 0.2) is 12.3 Å². The zero-order chi connectivity index (χ0) is 12.1. The van der Waals surface area contributed by atoms with Gasteiger partial charge in [0, 0.05) is 19.3 Å². The Morgan fingerprint density at radius 1 is 1.47 bits per heavy atom. The molecule has 1 aromatic rings. The number of aliphatic hydroxyl groups is 2. The van der Waals surface area contributed by atoms with Crippen LogP contribution in [0.2, 0.25) is 0 Å². The van der Waals surface area contributed by atoms with Crippen molar-refractivity contribution in [2.75, 3.05) is 13.2 Å². The van der Waals surface area contributed by atoms with Gasteiger partial charge < -0.3 is 15.5 Å². The van der Waals surface area contributed by atoms with Crippen LogP contribution >= 0.6 is 0 Å². The van der Waals surface area contributed by atoms with Gasteiger partial charge in [0.15, 0.2) is 0 Å². The maximum absolute atomic E-state index is 9.18. The summed E-state index contributed by atoms with van der Waals surface area (Å²) in [6, 6.07) is 2.59. The van der Waals surface area contributed by atoms with Gasteiger partial charge in [-0.15, -0.1) is 0 Å². The van der Waals surface area contributed by atoms with Crippen LogP contribution < -0.4 is 5.32 Å². The minimum absolute atomic E-state index is 0.205. The molecule has 17 heavy (non-hydrogen) atoms. The Bertz CT molecular complexity index is 334. The molecule has 1 heterocycles. The molecule has 1 saturated carbocycles. The van der Waals surface area contributed by atoms with Crippen LogP contribution in [0.1, 0.15) is 37.4 Å². The van der Waals surface area contributed by atoms with Gasteiger partial charge in [-0.05, 0) is 18.9 Å². The van der Waals surface area contributed by atoms with E-state index in [1.165, 1.54) is 25.7 Å². The van der Waals surface area contributed by atoms with E-state index in [4.69, 9.17) is 5.11 Å². The Morgan fingerprint density at radius 2 is 2.24 bits per heavy atom. The van der Waals surface area contributed by atoms with Gasteiger partial charge in [0.1, 0.15) is 0 Å². The van der Waals surface area contributed by atoms with Crippen LogP contribution in [-0.4, -0.2) is 39.2 Å². The molecule has 0 bridgehead atoms. The van der Waals surface area contributed by atoms with Gasteiger partial charge >= 0.3 is 0 Å². The molecular formula is C12H21N3O2. The Kier molecular flexibility index (Phi) is 4.53. The fourth-order valence-corrected chi connectivity index (χ4v) is 2.28. The van der Waals surface area contributed by atoms with Crippen molar-refractivity contribution in [1.82, 2.24) is 15.1 Å². The quantitative estimate of drug-likeness (QED) is 0.674. The molecule has 96 valence electrons. The van der Waals surface area contributed by atoms with E-state index >= 15 is 0 Å². The molecule has 5 heteroatoms. The topological polar surface area (TPSA) is 70.3 Å². The molecule has 0 amide bonds. The average Bonchev–Trinajstić information content (AvgIpc) is 2.98. The number of rotatable bonds is 6. The fraction of sp³-hybridized carbons (Fsp3) is 0.750. The molecule has 1 aliphatic rings. The summed E-state index contributed by atoms with van der Waals surface area (Å²) >= 11 is 0. The first-order valence-corrected chi connectivity index (χ1v) is 6.33. The molecule has 0 radical (unpaired) electrons. The summed E-state index contributed by atoms with van der Waals surface area (Å²) in [4.78, 5) is 0. The largest absolute Gasteiger partial charge is 0.394 e. The van der Waals surface area contributed by atoms with Crippen molar-refractivity contribution in [3.63, 3.8) is 0 Å². The zero-order valence-electron chi connectivity index (χ0n) is 10.0. The van der Waals surface area contributed by atoms with Crippen molar-refractivity contribution in [3.8, 4) is 0 Å². The number of hydrogen-bond donors (Lipinski definition) is 3. The summed E-state index contributed by atoms with van der Waals surface area (Å²) in [6.45, 7) is 0.826. The standard InChI is InChI=1S/C12H21N3O2/c16-9-12(17)8-13-7-10-5-6-15(14-10)11-3-1-2-4-11/h5-6,11-13,16-17H,1-4,7-9H2. The summed E-state index contributed by atoms with van der Waals surface area (Å²) in [5, 5.41) is 25.4. The first-order valence-electron chi connectivity index (χ1n) is 6.33. The number of aliphatic hydroxyl groups excluding tert-OH is 2. The molecule has 1 aliphatic carbocycles. The number of nitrogens with zero attached hydrogens (tertiary/aromatic N) is 2. The highest BCUT2D eigenvalue weighted by Crippen LogP contribution is 2.28. The molecule has 1 aromatic heterocycles. The second kappa shape index (κ2) is 6.14. The van der Waals surface area contributed by atoms with Crippen LogP contribution in [0.5, 0.6) is 0 Å². The van der Waals surface area contributed by atoms with E-state index in [2.05, 4.69) is 15.1 Å². The normalized spacial score (nSPS) is 18.7. The van der Waals surface area contributed by atoms with Crippen molar-refractivity contribution >= 4 is 0 Å². The van der Waals surface area contributed by atoms with Crippen molar-refractivity contribution in [2.45, 2.75) is 44.4 Å². The van der Waals surface area contributed by atoms with Crippen molar-refractivity contribution in [1.29, 1.82) is 0 Å². The van der Waals surface area contributed by atoms with E-state index in [9.17, 15) is 5.11 Å². The van der Waals surface area contributed by atoms with Gasteiger partial charge in [-0.1, -0.05) is 12.8 Å². The maximum Gasteiger partial charge on any atom is 0.0895 e. The van der Waals surface area contributed by atoms with E-state index < -0.39 is 6.10 Å². The second-order valence-corrected chi connectivity index (χ2v) is 4.69. The first kappa shape index (κ1) is 12.5. The highest BCUT2D eigenvalue weighted by molar-refractivity contribution is 4.99. The third-order valence-corrected chi connectivity index (χ3v) is 3.26. The summed E-state index contributed by atoms with van der Waals surface area (Å²) in [6.07, 6.45) is 6.43. The highest BCUT2D eigenvalue weighted by Gasteiger charge is 2.17. The van der Waals surface area contributed by atoms with E-state index in [1.54, 1.807) is 0 Å². The molecule has 1 unspecified atom stereocenters. The van der Waals surface area contributed by atoms with Crippen molar-refractivity contribution < 1.29 is 10.2 Å². The van der Waals surface area contributed by atoms with Crippen LogP contribution in [-0.2, 0) is 6.54 Å². The summed E-state index contributed by atoms with van der Waals surface area (Å²) in [5.74, 6) is 0. The molecule has 0 aromatic carbocycles. The number of hydrogen-bond acceptors (Lipinski definition) is 4. The van der Waals surface area contributed by atoms with Gasteiger partial charge in [-0.3, -0.25) is 4.68 Å². The van der Waals surface area contributed by atoms with E-state index in [-0.39, 0.29) is 6.61 Å². The summed E-state index contributed by atoms with van der Waals surface area (Å²) in [7, 11) is 0. The lowest BCUT2D eigenvalue weighted by Crippen LogP contribution is -2.29. The molecule has 0 spiro atoms. The SMILES string of the molecule is OCC(O)CNCc1ccn(C2CCCC2)n1. The van der Waals surface area contributed by atoms with Gasteiger partial charge in [-0.2, -0.15) is 5.10 Å². The monoisotopic (exact) mass is 239 g/mol. The maximum atomic E-state index is 9.18. The van der Waals surface area contributed by atoms with E-state index in [0.717, 1.165) is 5.69 Å². The van der Waals surface area contributed by atoms with Crippen LogP contribution in [0.3, 0.4) is 0 Å². The van der Waals surface area contributed by atoms with Crippen LogP contribution in [0.25, 0.3) is 0 Å². The predicted molar refractivity (Wildman–Crippen MR) is 64.5 cm³/mol. The first-order chi connectivity index (χ1) is 8.29. The molecule has 0 saturated heterocycles. The number of nitrogens with one attached hydrogen (secondary N) is 1. The third-order valence-electron chi connectivity index (χ3n) is 3.26. The molecule has 1 fully saturated rings. The minimum atomic E-state index is -0.688. The third kappa shape index (κ3) is 3.52. The Balaban J connectivity index is 1.77. The highest BCUT2D eigenvalue weighted by atomic mass is 16.3. The van der Waals surface area contributed by atoms with Gasteiger partial charge in [0.25, 0.3) is 0 Å². The molecule has 5 nitrogen and oxygen atoms in total. The lowest BCUT2D eigenvalue weighted by atomic mass is 10.3. The van der Waals surface area contributed by atoms with Gasteiger partial charge in [0.05, 0.1) is 24.4 Å². The molecule has 0 aliphatic heterocycles. The van der Waals surface area contributed by atoms with E-state index in [0.29, 0.717) is 19.1 Å². The average molecular weight is 239 g/mol.